The molecular formula is C19H19ClF2N4S. The zero-order valence-corrected chi connectivity index (χ0v) is 16.6. The third-order valence-corrected chi connectivity index (χ3v) is 6.22. The van der Waals surface area contributed by atoms with Crippen LogP contribution < -0.4 is 4.90 Å². The van der Waals surface area contributed by atoms with E-state index in [1.165, 1.54) is 6.92 Å². The standard InChI is InChI=1S/C19H19ClF2N4S/c1-12-9-13(10-15(21)19(12)22)26-16-3-4-17(18(20)14(16)11-23-26)24-5-7-25(27-2)8-6-24/h3-4,9-11H,5-8H2,1-2H3. The highest BCUT2D eigenvalue weighted by atomic mass is 35.5. The van der Waals surface area contributed by atoms with Crippen LogP contribution in [0, 0.1) is 18.6 Å². The second kappa shape index (κ2) is 7.30. The van der Waals surface area contributed by atoms with Gasteiger partial charge in [-0.1, -0.05) is 23.5 Å². The van der Waals surface area contributed by atoms with Crippen molar-refractivity contribution in [1.82, 2.24) is 14.1 Å². The lowest BCUT2D eigenvalue weighted by atomic mass is 10.1. The fraction of sp³-hybridized carbons (Fsp3) is 0.316. The quantitative estimate of drug-likeness (QED) is 0.588. The minimum absolute atomic E-state index is 0.239. The van der Waals surface area contributed by atoms with Gasteiger partial charge in [-0.3, -0.25) is 0 Å². The van der Waals surface area contributed by atoms with Crippen molar-refractivity contribution < 1.29 is 8.78 Å². The van der Waals surface area contributed by atoms with Crippen LogP contribution in [0.25, 0.3) is 16.6 Å². The lowest BCUT2D eigenvalue weighted by Gasteiger charge is -2.35. The molecule has 0 atom stereocenters. The van der Waals surface area contributed by atoms with E-state index in [0.29, 0.717) is 10.7 Å². The van der Waals surface area contributed by atoms with Crippen molar-refractivity contribution in [2.75, 3.05) is 37.3 Å². The molecule has 0 unspecified atom stereocenters. The fourth-order valence-electron chi connectivity index (χ4n) is 3.45. The van der Waals surface area contributed by atoms with Gasteiger partial charge in [-0.2, -0.15) is 5.10 Å². The molecule has 3 aromatic rings. The molecule has 2 aromatic carbocycles. The van der Waals surface area contributed by atoms with Gasteiger partial charge >= 0.3 is 0 Å². The molecule has 4 nitrogen and oxygen atoms in total. The summed E-state index contributed by atoms with van der Waals surface area (Å²) in [6.07, 6.45) is 3.76. The van der Waals surface area contributed by atoms with Gasteiger partial charge < -0.3 is 4.90 Å². The number of anilines is 1. The molecule has 0 amide bonds. The van der Waals surface area contributed by atoms with E-state index in [9.17, 15) is 8.78 Å². The van der Waals surface area contributed by atoms with Crippen LogP contribution in [0.5, 0.6) is 0 Å². The first-order chi connectivity index (χ1) is 13.0. The predicted octanol–water partition coefficient (Wildman–Crippen LogP) is 4.67. The molecule has 1 aromatic heterocycles. The van der Waals surface area contributed by atoms with Gasteiger partial charge in [0.1, 0.15) is 0 Å². The topological polar surface area (TPSA) is 24.3 Å². The molecule has 1 aliphatic rings. The largest absolute Gasteiger partial charge is 0.368 e. The summed E-state index contributed by atoms with van der Waals surface area (Å²) in [5.74, 6) is -1.72. The summed E-state index contributed by atoms with van der Waals surface area (Å²) in [5, 5.41) is 5.79. The Balaban J connectivity index is 1.72. The summed E-state index contributed by atoms with van der Waals surface area (Å²) in [6.45, 7) is 5.30. The summed E-state index contributed by atoms with van der Waals surface area (Å²) in [5.41, 5.74) is 2.45. The molecule has 0 aliphatic carbocycles. The van der Waals surface area contributed by atoms with Gasteiger partial charge in [0.2, 0.25) is 0 Å². The maximum absolute atomic E-state index is 13.8. The average Bonchev–Trinajstić information content (AvgIpc) is 3.11. The van der Waals surface area contributed by atoms with Gasteiger partial charge in [0.05, 0.1) is 28.1 Å². The van der Waals surface area contributed by atoms with Crippen molar-refractivity contribution in [3.05, 3.63) is 52.7 Å². The van der Waals surface area contributed by atoms with E-state index in [1.807, 2.05) is 12.1 Å². The Morgan fingerprint density at radius 3 is 2.52 bits per heavy atom. The molecule has 1 saturated heterocycles. The molecule has 0 radical (unpaired) electrons. The monoisotopic (exact) mass is 408 g/mol. The van der Waals surface area contributed by atoms with Gasteiger partial charge in [-0.15, -0.1) is 0 Å². The van der Waals surface area contributed by atoms with E-state index in [-0.39, 0.29) is 5.56 Å². The Morgan fingerprint density at radius 1 is 1.11 bits per heavy atom. The van der Waals surface area contributed by atoms with Crippen LogP contribution in [-0.4, -0.2) is 46.5 Å². The first-order valence-electron chi connectivity index (χ1n) is 8.66. The van der Waals surface area contributed by atoms with E-state index < -0.39 is 11.6 Å². The number of rotatable bonds is 3. The number of nitrogens with zero attached hydrogens (tertiary/aromatic N) is 4. The molecule has 0 N–H and O–H groups in total. The van der Waals surface area contributed by atoms with E-state index in [0.717, 1.165) is 48.8 Å². The highest BCUT2D eigenvalue weighted by Gasteiger charge is 2.21. The molecule has 27 heavy (non-hydrogen) atoms. The smallest absolute Gasteiger partial charge is 0.161 e. The fourth-order valence-corrected chi connectivity index (χ4v) is 4.31. The number of aromatic nitrogens is 2. The van der Waals surface area contributed by atoms with Gasteiger partial charge in [-0.25, -0.2) is 17.8 Å². The number of benzene rings is 2. The van der Waals surface area contributed by atoms with Gasteiger partial charge in [0, 0.05) is 37.6 Å². The number of halogens is 3. The van der Waals surface area contributed by atoms with Crippen molar-refractivity contribution in [3.8, 4) is 5.69 Å². The Kier molecular flexibility index (Phi) is 5.01. The van der Waals surface area contributed by atoms with E-state index >= 15 is 0 Å². The maximum Gasteiger partial charge on any atom is 0.161 e. The Labute approximate surface area is 165 Å². The molecule has 0 bridgehead atoms. The van der Waals surface area contributed by atoms with Crippen LogP contribution in [-0.2, 0) is 0 Å². The predicted molar refractivity (Wildman–Crippen MR) is 108 cm³/mol. The minimum Gasteiger partial charge on any atom is -0.368 e. The molecule has 1 aliphatic heterocycles. The molecule has 0 spiro atoms. The van der Waals surface area contributed by atoms with Gasteiger partial charge in [0.25, 0.3) is 0 Å². The van der Waals surface area contributed by atoms with Crippen LogP contribution in [0.15, 0.2) is 30.5 Å². The molecule has 0 saturated carbocycles. The molecule has 8 heteroatoms. The minimum atomic E-state index is -0.886. The molecular weight excluding hydrogens is 390 g/mol. The average molecular weight is 409 g/mol. The summed E-state index contributed by atoms with van der Waals surface area (Å²) < 4.78 is 31.3. The van der Waals surface area contributed by atoms with Crippen molar-refractivity contribution in [1.29, 1.82) is 0 Å². The van der Waals surface area contributed by atoms with Crippen LogP contribution in [0.4, 0.5) is 14.5 Å². The van der Waals surface area contributed by atoms with Crippen molar-refractivity contribution in [3.63, 3.8) is 0 Å². The zero-order chi connectivity index (χ0) is 19.1. The Bertz CT molecular complexity index is 976. The lowest BCUT2D eigenvalue weighted by Crippen LogP contribution is -2.43. The molecule has 4 rings (SSSR count). The number of piperazine rings is 1. The summed E-state index contributed by atoms with van der Waals surface area (Å²) in [6, 6.07) is 6.64. The van der Waals surface area contributed by atoms with E-state index in [1.54, 1.807) is 28.9 Å². The van der Waals surface area contributed by atoms with Crippen LogP contribution in [0.3, 0.4) is 0 Å². The number of hydrogen-bond acceptors (Lipinski definition) is 4. The zero-order valence-electron chi connectivity index (χ0n) is 15.0. The summed E-state index contributed by atoms with van der Waals surface area (Å²) in [4.78, 5) is 2.27. The molecule has 2 heterocycles. The first kappa shape index (κ1) is 18.5. The highest BCUT2D eigenvalue weighted by Crippen LogP contribution is 2.35. The SMILES string of the molecule is CSN1CCN(c2ccc3c(cnn3-c3cc(C)c(F)c(F)c3)c2Cl)CC1. The molecule has 142 valence electrons. The third kappa shape index (κ3) is 3.28. The Hall–Kier alpha value is -1.83. The van der Waals surface area contributed by atoms with Gasteiger partial charge in [-0.05, 0) is 36.9 Å². The number of aryl methyl sites for hydroxylation is 1. The van der Waals surface area contributed by atoms with Crippen LogP contribution >= 0.6 is 23.5 Å². The third-order valence-electron chi connectivity index (χ3n) is 4.94. The number of hydrogen-bond donors (Lipinski definition) is 0. The van der Waals surface area contributed by atoms with Gasteiger partial charge in [0.15, 0.2) is 11.6 Å². The summed E-state index contributed by atoms with van der Waals surface area (Å²) >= 11 is 8.44. The lowest BCUT2D eigenvalue weighted by molar-refractivity contribution is 0.431. The van der Waals surface area contributed by atoms with Crippen molar-refractivity contribution >= 4 is 40.1 Å². The van der Waals surface area contributed by atoms with Crippen LogP contribution in [0.1, 0.15) is 5.56 Å². The molecule has 1 fully saturated rings. The maximum atomic E-state index is 13.8. The van der Waals surface area contributed by atoms with Crippen molar-refractivity contribution in [2.45, 2.75) is 6.92 Å². The summed E-state index contributed by atoms with van der Waals surface area (Å²) in [7, 11) is 0. The van der Waals surface area contributed by atoms with Crippen LogP contribution in [0.2, 0.25) is 5.02 Å². The first-order valence-corrected chi connectivity index (χ1v) is 10.2. The normalized spacial score (nSPS) is 15.7. The Morgan fingerprint density at radius 2 is 1.85 bits per heavy atom. The van der Waals surface area contributed by atoms with Crippen molar-refractivity contribution in [2.24, 2.45) is 0 Å². The second-order valence-electron chi connectivity index (χ2n) is 6.54. The highest BCUT2D eigenvalue weighted by molar-refractivity contribution is 7.96. The van der Waals surface area contributed by atoms with E-state index in [4.69, 9.17) is 11.6 Å². The van der Waals surface area contributed by atoms with E-state index in [2.05, 4.69) is 20.6 Å². The second-order valence-corrected chi connectivity index (χ2v) is 7.80. The number of fused-ring (bicyclic) bond motifs is 1.